The minimum Gasteiger partial charge on any atom is -0.333 e. The molecular formula is C16H21N3OS. The number of anilines is 1. The van der Waals surface area contributed by atoms with E-state index in [4.69, 9.17) is 0 Å². The van der Waals surface area contributed by atoms with E-state index < -0.39 is 0 Å². The monoisotopic (exact) mass is 303 g/mol. The van der Waals surface area contributed by atoms with Crippen molar-refractivity contribution in [2.45, 2.75) is 26.4 Å². The molecule has 5 heteroatoms. The summed E-state index contributed by atoms with van der Waals surface area (Å²) in [5.74, 6) is 0. The Morgan fingerprint density at radius 3 is 2.48 bits per heavy atom. The van der Waals surface area contributed by atoms with Gasteiger partial charge in [-0.25, -0.2) is 4.79 Å². The Hall–Kier alpha value is -1.85. The molecule has 4 nitrogen and oxygen atoms in total. The van der Waals surface area contributed by atoms with Crippen LogP contribution in [0, 0.1) is 6.92 Å². The number of urea groups is 1. The van der Waals surface area contributed by atoms with Crippen LogP contribution in [0.4, 0.5) is 10.5 Å². The Morgan fingerprint density at radius 1 is 1.19 bits per heavy atom. The SMILES string of the molecule is CNC(C)c1ccc(NC(=O)NCc2ccc(C)s2)cc1. The van der Waals surface area contributed by atoms with Crippen molar-refractivity contribution in [2.75, 3.05) is 12.4 Å². The van der Waals surface area contributed by atoms with Crippen LogP contribution in [-0.4, -0.2) is 13.1 Å². The molecule has 1 aromatic carbocycles. The first kappa shape index (κ1) is 15.5. The van der Waals surface area contributed by atoms with Gasteiger partial charge in [0.2, 0.25) is 0 Å². The first-order chi connectivity index (χ1) is 10.1. The van der Waals surface area contributed by atoms with Crippen molar-refractivity contribution in [3.05, 3.63) is 51.7 Å². The Balaban J connectivity index is 1.84. The second kappa shape index (κ2) is 7.24. The average Bonchev–Trinajstić information content (AvgIpc) is 2.91. The van der Waals surface area contributed by atoms with Crippen molar-refractivity contribution in [3.8, 4) is 0 Å². The van der Waals surface area contributed by atoms with Gasteiger partial charge in [-0.15, -0.1) is 11.3 Å². The third kappa shape index (κ3) is 4.58. The van der Waals surface area contributed by atoms with Gasteiger partial charge in [-0.3, -0.25) is 0 Å². The molecule has 0 saturated carbocycles. The van der Waals surface area contributed by atoms with Crippen LogP contribution in [0.25, 0.3) is 0 Å². The van der Waals surface area contributed by atoms with Crippen molar-refractivity contribution < 1.29 is 4.79 Å². The normalized spacial score (nSPS) is 12.0. The van der Waals surface area contributed by atoms with Gasteiger partial charge in [-0.2, -0.15) is 0 Å². The van der Waals surface area contributed by atoms with Gasteiger partial charge < -0.3 is 16.0 Å². The number of aryl methyl sites for hydroxylation is 1. The van der Waals surface area contributed by atoms with E-state index in [9.17, 15) is 4.79 Å². The van der Waals surface area contributed by atoms with E-state index in [0.29, 0.717) is 12.6 Å². The van der Waals surface area contributed by atoms with Crippen LogP contribution in [0.3, 0.4) is 0 Å². The topological polar surface area (TPSA) is 53.2 Å². The molecule has 0 aliphatic rings. The Morgan fingerprint density at radius 2 is 1.90 bits per heavy atom. The van der Waals surface area contributed by atoms with E-state index in [-0.39, 0.29) is 6.03 Å². The molecule has 1 unspecified atom stereocenters. The first-order valence-corrected chi connectivity index (χ1v) is 7.77. The summed E-state index contributed by atoms with van der Waals surface area (Å²) >= 11 is 1.69. The second-order valence-electron chi connectivity index (χ2n) is 4.95. The summed E-state index contributed by atoms with van der Waals surface area (Å²) in [7, 11) is 1.93. The van der Waals surface area contributed by atoms with E-state index in [1.807, 2.05) is 37.4 Å². The van der Waals surface area contributed by atoms with E-state index in [1.54, 1.807) is 11.3 Å². The van der Waals surface area contributed by atoms with Crippen molar-refractivity contribution in [1.82, 2.24) is 10.6 Å². The average molecular weight is 303 g/mol. The molecule has 0 saturated heterocycles. The zero-order chi connectivity index (χ0) is 15.2. The van der Waals surface area contributed by atoms with Gasteiger partial charge >= 0.3 is 6.03 Å². The largest absolute Gasteiger partial charge is 0.333 e. The number of hydrogen-bond donors (Lipinski definition) is 3. The van der Waals surface area contributed by atoms with E-state index in [1.165, 1.54) is 10.4 Å². The highest BCUT2D eigenvalue weighted by Crippen LogP contribution is 2.16. The molecule has 0 fully saturated rings. The standard InChI is InChI=1S/C16H21N3OS/c1-11-4-9-15(21-11)10-18-16(20)19-14-7-5-13(6-8-14)12(2)17-3/h4-9,12,17H,10H2,1-3H3,(H2,18,19,20). The number of carbonyl (C=O) groups is 1. The maximum Gasteiger partial charge on any atom is 0.319 e. The highest BCUT2D eigenvalue weighted by atomic mass is 32.1. The number of carbonyl (C=O) groups excluding carboxylic acids is 1. The summed E-state index contributed by atoms with van der Waals surface area (Å²) in [6.07, 6.45) is 0. The summed E-state index contributed by atoms with van der Waals surface area (Å²) < 4.78 is 0. The Kier molecular flexibility index (Phi) is 5.36. The van der Waals surface area contributed by atoms with Gasteiger partial charge in [0.15, 0.2) is 0 Å². The molecule has 21 heavy (non-hydrogen) atoms. The molecule has 3 N–H and O–H groups in total. The number of amides is 2. The fraction of sp³-hybridized carbons (Fsp3) is 0.312. The fourth-order valence-corrected chi connectivity index (χ4v) is 2.77. The first-order valence-electron chi connectivity index (χ1n) is 6.96. The van der Waals surface area contributed by atoms with Gasteiger partial charge in [-0.05, 0) is 50.7 Å². The second-order valence-corrected chi connectivity index (χ2v) is 6.32. The summed E-state index contributed by atoms with van der Waals surface area (Å²) in [6, 6.07) is 12.1. The van der Waals surface area contributed by atoms with Gasteiger partial charge in [-0.1, -0.05) is 12.1 Å². The molecule has 0 radical (unpaired) electrons. The molecule has 2 amide bonds. The van der Waals surface area contributed by atoms with Crippen molar-refractivity contribution in [3.63, 3.8) is 0 Å². The van der Waals surface area contributed by atoms with Crippen LogP contribution in [-0.2, 0) is 6.54 Å². The molecule has 1 aromatic heterocycles. The molecule has 0 spiro atoms. The summed E-state index contributed by atoms with van der Waals surface area (Å²) in [5, 5.41) is 8.88. The smallest absolute Gasteiger partial charge is 0.319 e. The summed E-state index contributed by atoms with van der Waals surface area (Å²) in [4.78, 5) is 14.2. The predicted octanol–water partition coefficient (Wildman–Crippen LogP) is 3.66. The zero-order valence-corrected chi connectivity index (χ0v) is 13.4. The van der Waals surface area contributed by atoms with Crippen molar-refractivity contribution in [1.29, 1.82) is 0 Å². The lowest BCUT2D eigenvalue weighted by Crippen LogP contribution is -2.27. The van der Waals surface area contributed by atoms with Gasteiger partial charge in [0.25, 0.3) is 0 Å². The molecule has 2 aromatic rings. The quantitative estimate of drug-likeness (QED) is 0.789. The lowest BCUT2D eigenvalue weighted by molar-refractivity contribution is 0.252. The lowest BCUT2D eigenvalue weighted by Gasteiger charge is -2.12. The van der Waals surface area contributed by atoms with Crippen LogP contribution in [0.1, 0.15) is 28.3 Å². The zero-order valence-electron chi connectivity index (χ0n) is 12.6. The number of thiophene rings is 1. The number of rotatable bonds is 5. The van der Waals surface area contributed by atoms with Crippen LogP contribution < -0.4 is 16.0 Å². The van der Waals surface area contributed by atoms with E-state index in [2.05, 4.69) is 35.9 Å². The number of nitrogens with one attached hydrogen (secondary N) is 3. The van der Waals surface area contributed by atoms with Gasteiger partial charge in [0.1, 0.15) is 0 Å². The molecule has 0 aliphatic carbocycles. The minimum absolute atomic E-state index is 0.185. The summed E-state index contributed by atoms with van der Waals surface area (Å²) in [5.41, 5.74) is 1.99. The molecule has 2 rings (SSSR count). The van der Waals surface area contributed by atoms with Crippen molar-refractivity contribution in [2.24, 2.45) is 0 Å². The van der Waals surface area contributed by atoms with Crippen LogP contribution >= 0.6 is 11.3 Å². The maximum absolute atomic E-state index is 11.8. The van der Waals surface area contributed by atoms with E-state index >= 15 is 0 Å². The fourth-order valence-electron chi connectivity index (χ4n) is 1.94. The minimum atomic E-state index is -0.185. The van der Waals surface area contributed by atoms with Crippen LogP contribution in [0.2, 0.25) is 0 Å². The Labute approximate surface area is 129 Å². The molecule has 1 heterocycles. The number of benzene rings is 1. The molecule has 112 valence electrons. The maximum atomic E-state index is 11.8. The van der Waals surface area contributed by atoms with Crippen LogP contribution in [0.15, 0.2) is 36.4 Å². The van der Waals surface area contributed by atoms with E-state index in [0.717, 1.165) is 10.6 Å². The molecule has 1 atom stereocenters. The lowest BCUT2D eigenvalue weighted by atomic mass is 10.1. The third-order valence-corrected chi connectivity index (χ3v) is 4.32. The third-order valence-electron chi connectivity index (χ3n) is 3.32. The van der Waals surface area contributed by atoms with Gasteiger partial charge in [0, 0.05) is 21.5 Å². The number of hydrogen-bond acceptors (Lipinski definition) is 3. The highest BCUT2D eigenvalue weighted by molar-refractivity contribution is 7.11. The summed E-state index contributed by atoms with van der Waals surface area (Å²) in [6.45, 7) is 4.71. The van der Waals surface area contributed by atoms with Crippen molar-refractivity contribution >= 4 is 23.1 Å². The molecule has 0 aliphatic heterocycles. The highest BCUT2D eigenvalue weighted by Gasteiger charge is 2.05. The molecular weight excluding hydrogens is 282 g/mol. The van der Waals surface area contributed by atoms with Crippen LogP contribution in [0.5, 0.6) is 0 Å². The predicted molar refractivity (Wildman–Crippen MR) is 88.8 cm³/mol. The van der Waals surface area contributed by atoms with Gasteiger partial charge in [0.05, 0.1) is 6.54 Å². The molecule has 0 bridgehead atoms. The Bertz CT molecular complexity index is 592.